The summed E-state index contributed by atoms with van der Waals surface area (Å²) in [6, 6.07) is 1.47. The molecule has 0 aliphatic carbocycles. The van der Waals surface area contributed by atoms with Crippen LogP contribution < -0.4 is 43.4 Å². The lowest BCUT2D eigenvalue weighted by Gasteiger charge is -2.29. The average molecular weight is 791 g/mol. The Hall–Kier alpha value is -5.10. The van der Waals surface area contributed by atoms with E-state index in [0.29, 0.717) is 31.4 Å². The molecular weight excluding hydrogens is 728 g/mol. The highest BCUT2D eigenvalue weighted by molar-refractivity contribution is 5.97. The molecule has 0 bridgehead atoms. The van der Waals surface area contributed by atoms with Crippen LogP contribution in [0.15, 0.2) is 30.3 Å². The maximum atomic E-state index is 14.0. The van der Waals surface area contributed by atoms with Crippen molar-refractivity contribution in [3.05, 3.63) is 35.9 Å². The maximum absolute atomic E-state index is 14.0. The number of nitrogens with two attached hydrogens (primary N) is 2. The molecule has 1 aromatic rings. The van der Waals surface area contributed by atoms with E-state index in [0.717, 1.165) is 0 Å². The van der Waals surface area contributed by atoms with E-state index >= 15 is 0 Å². The van der Waals surface area contributed by atoms with Gasteiger partial charge in [0, 0.05) is 6.42 Å². The van der Waals surface area contributed by atoms with Gasteiger partial charge in [-0.05, 0) is 55.5 Å². The zero-order valence-electron chi connectivity index (χ0n) is 33.3. The zero-order valence-corrected chi connectivity index (χ0v) is 33.3. The number of carboxylic acids is 2. The fourth-order valence-corrected chi connectivity index (χ4v) is 5.65. The molecule has 0 aliphatic heterocycles. The molecule has 1 rings (SSSR count). The SMILES string of the molecule is CC(C)C[C@H](NC(=O)[C@H](Cc1ccccc1)NC(=O)[C@H](CC(C)C)NC(=O)[C@@H](NC(=O)[C@@H](N)CCCCN)C(C)C)C(=O)N[C@@H](CC(=O)O)C(=O)NCC(=O)O. The van der Waals surface area contributed by atoms with Gasteiger partial charge in [-0.2, -0.15) is 0 Å². The summed E-state index contributed by atoms with van der Waals surface area (Å²) in [6.07, 6.45) is 1.04. The van der Waals surface area contributed by atoms with Gasteiger partial charge in [0.15, 0.2) is 0 Å². The fraction of sp³-hybridized carbons (Fsp3) is 0.632. The molecule has 0 spiro atoms. The van der Waals surface area contributed by atoms with E-state index in [9.17, 15) is 43.5 Å². The molecule has 56 heavy (non-hydrogen) atoms. The molecule has 314 valence electrons. The maximum Gasteiger partial charge on any atom is 0.322 e. The molecule has 18 heteroatoms. The van der Waals surface area contributed by atoms with Crippen molar-refractivity contribution in [3.8, 4) is 0 Å². The summed E-state index contributed by atoms with van der Waals surface area (Å²) in [6.45, 7) is 10.3. The van der Waals surface area contributed by atoms with Crippen molar-refractivity contribution in [3.63, 3.8) is 0 Å². The van der Waals surface area contributed by atoms with Crippen molar-refractivity contribution in [1.82, 2.24) is 31.9 Å². The molecule has 0 saturated heterocycles. The van der Waals surface area contributed by atoms with Gasteiger partial charge >= 0.3 is 11.9 Å². The number of hydrogen-bond acceptors (Lipinski definition) is 10. The Kier molecular flexibility index (Phi) is 22.0. The van der Waals surface area contributed by atoms with Crippen molar-refractivity contribution in [1.29, 1.82) is 0 Å². The van der Waals surface area contributed by atoms with Crippen LogP contribution in [0.25, 0.3) is 0 Å². The molecule has 18 nitrogen and oxygen atoms in total. The minimum absolute atomic E-state index is 0.0251. The summed E-state index contributed by atoms with van der Waals surface area (Å²) in [7, 11) is 0. The molecule has 1 aromatic carbocycles. The molecule has 0 unspecified atom stereocenters. The van der Waals surface area contributed by atoms with Crippen LogP contribution in [0.2, 0.25) is 0 Å². The van der Waals surface area contributed by atoms with Crippen LogP contribution in [0, 0.1) is 17.8 Å². The summed E-state index contributed by atoms with van der Waals surface area (Å²) in [5, 5.41) is 33.4. The number of carbonyl (C=O) groups is 8. The van der Waals surface area contributed by atoms with Gasteiger partial charge < -0.3 is 53.6 Å². The smallest absolute Gasteiger partial charge is 0.322 e. The monoisotopic (exact) mass is 790 g/mol. The van der Waals surface area contributed by atoms with Crippen LogP contribution in [-0.2, 0) is 44.8 Å². The first-order chi connectivity index (χ1) is 26.2. The Morgan fingerprint density at radius 1 is 0.607 bits per heavy atom. The minimum Gasteiger partial charge on any atom is -0.481 e. The lowest BCUT2D eigenvalue weighted by Crippen LogP contribution is -2.60. The largest absolute Gasteiger partial charge is 0.481 e. The van der Waals surface area contributed by atoms with Crippen molar-refractivity contribution >= 4 is 47.4 Å². The normalized spacial score (nSPS) is 14.4. The summed E-state index contributed by atoms with van der Waals surface area (Å²) >= 11 is 0. The second kappa shape index (κ2) is 25.1. The van der Waals surface area contributed by atoms with Crippen LogP contribution in [0.3, 0.4) is 0 Å². The number of carbonyl (C=O) groups excluding carboxylic acids is 6. The van der Waals surface area contributed by atoms with E-state index in [4.69, 9.17) is 16.6 Å². The van der Waals surface area contributed by atoms with E-state index < -0.39 is 96.6 Å². The van der Waals surface area contributed by atoms with E-state index in [1.165, 1.54) is 0 Å². The average Bonchev–Trinajstić information content (AvgIpc) is 3.11. The molecule has 0 saturated carbocycles. The van der Waals surface area contributed by atoms with Gasteiger partial charge in [-0.1, -0.05) is 78.3 Å². The van der Waals surface area contributed by atoms with Crippen LogP contribution in [0.5, 0.6) is 0 Å². The second-order valence-electron chi connectivity index (χ2n) is 15.0. The van der Waals surface area contributed by atoms with Gasteiger partial charge in [-0.15, -0.1) is 0 Å². The third kappa shape index (κ3) is 19.0. The number of aliphatic carboxylic acids is 2. The highest BCUT2D eigenvalue weighted by Gasteiger charge is 2.34. The van der Waals surface area contributed by atoms with E-state index in [2.05, 4.69) is 26.6 Å². The molecule has 0 heterocycles. The highest BCUT2D eigenvalue weighted by atomic mass is 16.4. The molecule has 0 fully saturated rings. The lowest BCUT2D eigenvalue weighted by molar-refractivity contribution is -0.142. The Morgan fingerprint density at radius 3 is 1.59 bits per heavy atom. The Morgan fingerprint density at radius 2 is 1.11 bits per heavy atom. The predicted molar refractivity (Wildman–Crippen MR) is 207 cm³/mol. The number of carboxylic acid groups (broad SMARTS) is 2. The molecular formula is C38H62N8O10. The summed E-state index contributed by atoms with van der Waals surface area (Å²) < 4.78 is 0. The van der Waals surface area contributed by atoms with Gasteiger partial charge in [-0.25, -0.2) is 0 Å². The molecule has 0 radical (unpaired) electrons. The Bertz CT molecular complexity index is 1470. The van der Waals surface area contributed by atoms with Gasteiger partial charge in [0.25, 0.3) is 0 Å². The molecule has 0 aromatic heterocycles. The van der Waals surface area contributed by atoms with Crippen molar-refractivity contribution < 1.29 is 48.6 Å². The number of benzene rings is 1. The molecule has 0 aliphatic rings. The van der Waals surface area contributed by atoms with E-state index in [-0.39, 0.29) is 37.0 Å². The summed E-state index contributed by atoms with van der Waals surface area (Å²) in [4.78, 5) is 103. The third-order valence-corrected chi connectivity index (χ3v) is 8.57. The highest BCUT2D eigenvalue weighted by Crippen LogP contribution is 2.12. The number of hydrogen-bond donors (Lipinski definition) is 10. The quantitative estimate of drug-likeness (QED) is 0.0533. The topological polar surface area (TPSA) is 301 Å². The van der Waals surface area contributed by atoms with Crippen molar-refractivity contribution in [2.45, 2.75) is 123 Å². The third-order valence-electron chi connectivity index (χ3n) is 8.57. The number of amides is 6. The molecule has 6 atom stereocenters. The summed E-state index contributed by atoms with van der Waals surface area (Å²) in [5.74, 6) is -8.05. The molecule has 6 amide bonds. The van der Waals surface area contributed by atoms with Crippen LogP contribution in [0.1, 0.15) is 85.6 Å². The van der Waals surface area contributed by atoms with Crippen LogP contribution >= 0.6 is 0 Å². The number of rotatable bonds is 26. The van der Waals surface area contributed by atoms with Gasteiger partial charge in [0.05, 0.1) is 12.5 Å². The second-order valence-corrected chi connectivity index (χ2v) is 15.0. The first-order valence-corrected chi connectivity index (χ1v) is 19.0. The van der Waals surface area contributed by atoms with Gasteiger partial charge in [-0.3, -0.25) is 38.4 Å². The first-order valence-electron chi connectivity index (χ1n) is 19.0. The number of unbranched alkanes of at least 4 members (excludes halogenated alkanes) is 1. The fourth-order valence-electron chi connectivity index (χ4n) is 5.65. The minimum atomic E-state index is -1.66. The van der Waals surface area contributed by atoms with Gasteiger partial charge in [0.2, 0.25) is 35.4 Å². The number of nitrogens with one attached hydrogen (secondary N) is 6. The Balaban J connectivity index is 3.37. The molecule has 12 N–H and O–H groups in total. The van der Waals surface area contributed by atoms with Crippen LogP contribution in [0.4, 0.5) is 0 Å². The van der Waals surface area contributed by atoms with Crippen LogP contribution in [-0.4, -0.2) is 107 Å². The van der Waals surface area contributed by atoms with Gasteiger partial charge in [0.1, 0.15) is 36.8 Å². The Labute approximate surface area is 328 Å². The van der Waals surface area contributed by atoms with E-state index in [1.54, 1.807) is 58.0 Å². The summed E-state index contributed by atoms with van der Waals surface area (Å²) in [5.41, 5.74) is 12.2. The van der Waals surface area contributed by atoms with Crippen molar-refractivity contribution in [2.75, 3.05) is 13.1 Å². The van der Waals surface area contributed by atoms with E-state index in [1.807, 2.05) is 19.2 Å². The predicted octanol–water partition coefficient (Wildman–Crippen LogP) is -0.467. The standard InChI is InChI=1S/C38H62N8O10/c1-21(2)16-26(35(53)44-29(19-30(47)48)34(52)41-20-31(49)50)42-37(55)28(18-24-12-8-7-9-13-24)43-36(54)27(17-22(3)4)45-38(56)32(23(5)6)46-33(51)25(40)14-10-11-15-39/h7-9,12-13,21-23,25-29,32H,10-11,14-20,39-40H2,1-6H3,(H,41,52)(H,42,55)(H,43,54)(H,44,53)(H,45,56)(H,46,51)(H,47,48)(H,49,50)/t25-,26-,27-,28-,29-,32-/m0/s1. The van der Waals surface area contributed by atoms with Crippen molar-refractivity contribution in [2.24, 2.45) is 29.2 Å². The zero-order chi connectivity index (χ0) is 42.5. The lowest BCUT2D eigenvalue weighted by atomic mass is 9.98. The first kappa shape index (κ1) is 48.9.